The Kier molecular flexibility index (Phi) is 4.96. The lowest BCUT2D eigenvalue weighted by Gasteiger charge is -2.19. The Morgan fingerprint density at radius 2 is 1.60 bits per heavy atom. The Balaban J connectivity index is 1.78. The highest BCUT2D eigenvalue weighted by molar-refractivity contribution is 5.83. The molecule has 0 saturated carbocycles. The maximum Gasteiger partial charge on any atom is 0.295 e. The highest BCUT2D eigenvalue weighted by atomic mass is 15.2. The number of fused-ring (bicyclic) bond motifs is 4. The molecule has 3 heterocycles. The molecular formula is C31H33N4+. The van der Waals surface area contributed by atoms with Crippen molar-refractivity contribution < 1.29 is 4.57 Å². The van der Waals surface area contributed by atoms with Crippen molar-refractivity contribution in [1.82, 2.24) is 14.1 Å². The molecule has 0 bridgehead atoms. The predicted octanol–water partition coefficient (Wildman–Crippen LogP) is 6.77. The molecule has 6 rings (SSSR count). The Hall–Kier alpha value is -3.66. The van der Waals surface area contributed by atoms with Crippen LogP contribution in [0.25, 0.3) is 33.8 Å². The average Bonchev–Trinajstić information content (AvgIpc) is 3.51. The molecule has 0 radical (unpaired) electrons. The second kappa shape index (κ2) is 7.94. The number of hydrogen-bond acceptors (Lipinski definition) is 1. The summed E-state index contributed by atoms with van der Waals surface area (Å²) < 4.78 is 7.18. The Morgan fingerprint density at radius 1 is 0.886 bits per heavy atom. The largest absolute Gasteiger partial charge is 0.303 e. The van der Waals surface area contributed by atoms with Crippen molar-refractivity contribution in [3.05, 3.63) is 95.1 Å². The second-order valence-corrected chi connectivity index (χ2v) is 10.4. The van der Waals surface area contributed by atoms with E-state index >= 15 is 0 Å². The van der Waals surface area contributed by atoms with Gasteiger partial charge in [0, 0.05) is 29.9 Å². The molecule has 1 aliphatic heterocycles. The van der Waals surface area contributed by atoms with Crippen molar-refractivity contribution in [2.75, 3.05) is 0 Å². The predicted molar refractivity (Wildman–Crippen MR) is 143 cm³/mol. The molecule has 0 N–H and O–H groups in total. The Labute approximate surface area is 207 Å². The molecule has 35 heavy (non-hydrogen) atoms. The summed E-state index contributed by atoms with van der Waals surface area (Å²) in [6.45, 7) is 11.5. The van der Waals surface area contributed by atoms with Gasteiger partial charge in [0.15, 0.2) is 11.0 Å². The van der Waals surface area contributed by atoms with Gasteiger partial charge in [0.2, 0.25) is 0 Å². The van der Waals surface area contributed by atoms with Gasteiger partial charge >= 0.3 is 0 Å². The van der Waals surface area contributed by atoms with E-state index in [0.29, 0.717) is 11.8 Å². The maximum atomic E-state index is 4.65. The molecule has 0 unspecified atom stereocenters. The van der Waals surface area contributed by atoms with Gasteiger partial charge in [0.25, 0.3) is 5.82 Å². The minimum atomic E-state index is 0.413. The van der Waals surface area contributed by atoms with Crippen molar-refractivity contribution in [3.63, 3.8) is 0 Å². The first-order chi connectivity index (χ1) is 16.9. The van der Waals surface area contributed by atoms with Crippen molar-refractivity contribution >= 4 is 11.0 Å². The van der Waals surface area contributed by atoms with Gasteiger partial charge in [-0.15, -0.1) is 0 Å². The second-order valence-electron chi connectivity index (χ2n) is 10.4. The van der Waals surface area contributed by atoms with Gasteiger partial charge in [-0.2, -0.15) is 4.57 Å². The number of para-hydroxylation sites is 3. The van der Waals surface area contributed by atoms with Crippen molar-refractivity contribution in [2.24, 2.45) is 7.05 Å². The molecule has 4 nitrogen and oxygen atoms in total. The summed E-state index contributed by atoms with van der Waals surface area (Å²) in [5, 5.41) is 0. The first-order valence-corrected chi connectivity index (χ1v) is 12.7. The number of rotatable bonds is 4. The summed E-state index contributed by atoms with van der Waals surface area (Å²) in [5.41, 5.74) is 11.8. The molecule has 0 aliphatic carbocycles. The number of aryl methyl sites for hydroxylation is 2. The molecule has 0 atom stereocenters. The van der Waals surface area contributed by atoms with Crippen LogP contribution in [0, 0.1) is 6.92 Å². The van der Waals surface area contributed by atoms with Crippen LogP contribution < -0.4 is 4.57 Å². The average molecular weight is 462 g/mol. The fourth-order valence-corrected chi connectivity index (χ4v) is 5.90. The minimum absolute atomic E-state index is 0.413. The molecule has 5 aromatic rings. The molecule has 176 valence electrons. The standard InChI is InChI=1S/C31H33N4/c1-19(2)22-10-9-11-23(20(3)4)30(22)35-27-13-8-7-12-26(27)33(6)31(35)29-21(5)14-15-25-24(29)18-28-32-16-17-34(25)28/h7-17,19-20H,18H2,1-6H3/q+1. The third kappa shape index (κ3) is 3.12. The van der Waals surface area contributed by atoms with Gasteiger partial charge < -0.3 is 4.57 Å². The van der Waals surface area contributed by atoms with Crippen LogP contribution in [0.3, 0.4) is 0 Å². The van der Waals surface area contributed by atoms with Crippen molar-refractivity contribution in [3.8, 4) is 22.8 Å². The van der Waals surface area contributed by atoms with Gasteiger partial charge in [0.1, 0.15) is 11.5 Å². The molecule has 0 amide bonds. The lowest BCUT2D eigenvalue weighted by molar-refractivity contribution is -0.633. The van der Waals surface area contributed by atoms with Crippen molar-refractivity contribution in [2.45, 2.75) is 52.9 Å². The van der Waals surface area contributed by atoms with Crippen LogP contribution in [0.1, 0.15) is 67.6 Å². The quantitative estimate of drug-likeness (QED) is 0.266. The molecule has 4 heteroatoms. The fourth-order valence-electron chi connectivity index (χ4n) is 5.90. The van der Waals surface area contributed by atoms with E-state index < -0.39 is 0 Å². The smallest absolute Gasteiger partial charge is 0.295 e. The topological polar surface area (TPSA) is 26.6 Å². The van der Waals surface area contributed by atoms with Crippen LogP contribution in [0.5, 0.6) is 0 Å². The van der Waals surface area contributed by atoms with Crippen LogP contribution >= 0.6 is 0 Å². The van der Waals surface area contributed by atoms with Crippen LogP contribution in [0.15, 0.2) is 67.0 Å². The Morgan fingerprint density at radius 3 is 2.31 bits per heavy atom. The molecule has 0 spiro atoms. The monoisotopic (exact) mass is 461 g/mol. The zero-order valence-electron chi connectivity index (χ0n) is 21.5. The van der Waals surface area contributed by atoms with Crippen molar-refractivity contribution in [1.29, 1.82) is 0 Å². The van der Waals surface area contributed by atoms with E-state index in [1.165, 1.54) is 56.0 Å². The first-order valence-electron chi connectivity index (χ1n) is 12.7. The third-order valence-corrected chi connectivity index (χ3v) is 7.61. The minimum Gasteiger partial charge on any atom is -0.303 e. The van der Waals surface area contributed by atoms with E-state index in [1.54, 1.807) is 0 Å². The van der Waals surface area contributed by atoms with Gasteiger partial charge in [-0.05, 0) is 48.1 Å². The van der Waals surface area contributed by atoms with Crippen LogP contribution in [-0.2, 0) is 13.5 Å². The van der Waals surface area contributed by atoms with Gasteiger partial charge in [-0.25, -0.2) is 9.55 Å². The summed E-state index contributed by atoms with van der Waals surface area (Å²) >= 11 is 0. The molecule has 0 saturated heterocycles. The van der Waals surface area contributed by atoms with Gasteiger partial charge in [-0.1, -0.05) is 64.1 Å². The van der Waals surface area contributed by atoms with Crippen LogP contribution in [-0.4, -0.2) is 14.1 Å². The highest BCUT2D eigenvalue weighted by Crippen LogP contribution is 2.41. The van der Waals surface area contributed by atoms with E-state index in [9.17, 15) is 0 Å². The van der Waals surface area contributed by atoms with E-state index in [2.05, 4.69) is 121 Å². The molecule has 2 aromatic heterocycles. The Bertz CT molecular complexity index is 1570. The van der Waals surface area contributed by atoms with E-state index in [4.69, 9.17) is 0 Å². The lowest BCUT2D eigenvalue weighted by atomic mass is 9.91. The zero-order chi connectivity index (χ0) is 24.4. The summed E-state index contributed by atoms with van der Waals surface area (Å²) in [7, 11) is 2.22. The van der Waals surface area contributed by atoms with E-state index in [1.807, 2.05) is 6.20 Å². The molecular weight excluding hydrogens is 428 g/mol. The third-order valence-electron chi connectivity index (χ3n) is 7.61. The van der Waals surface area contributed by atoms with Gasteiger partial charge in [0.05, 0.1) is 18.3 Å². The first kappa shape index (κ1) is 21.8. The van der Waals surface area contributed by atoms with Gasteiger partial charge in [-0.3, -0.25) is 0 Å². The lowest BCUT2D eigenvalue weighted by Crippen LogP contribution is -2.31. The molecule has 3 aromatic carbocycles. The summed E-state index contributed by atoms with van der Waals surface area (Å²) in [5.74, 6) is 3.18. The molecule has 0 fully saturated rings. The number of nitrogens with zero attached hydrogens (tertiary/aromatic N) is 4. The number of aromatic nitrogens is 4. The number of imidazole rings is 2. The fraction of sp³-hybridized carbons (Fsp3) is 0.290. The van der Waals surface area contributed by atoms with Crippen LogP contribution in [0.2, 0.25) is 0 Å². The number of benzene rings is 3. The maximum absolute atomic E-state index is 4.65. The molecule has 1 aliphatic rings. The SMILES string of the molecule is Cc1ccc2c(c1-c1n(-c3c(C(C)C)cccc3C(C)C)c3ccccc3[n+]1C)Cc1nccn1-2. The van der Waals surface area contributed by atoms with E-state index in [0.717, 1.165) is 12.2 Å². The highest BCUT2D eigenvalue weighted by Gasteiger charge is 2.34. The van der Waals surface area contributed by atoms with Crippen LogP contribution in [0.4, 0.5) is 0 Å². The van der Waals surface area contributed by atoms with E-state index in [-0.39, 0.29) is 0 Å². The summed E-state index contributed by atoms with van der Waals surface area (Å²) in [4.78, 5) is 4.65. The summed E-state index contributed by atoms with van der Waals surface area (Å²) in [6.07, 6.45) is 4.84. The number of hydrogen-bond donors (Lipinski definition) is 0. The summed E-state index contributed by atoms with van der Waals surface area (Å²) in [6, 6.07) is 20.2. The zero-order valence-corrected chi connectivity index (χ0v) is 21.5. The normalized spacial score (nSPS) is 12.7.